The molecule has 0 radical (unpaired) electrons. The molecule has 90 valence electrons. The molecule has 0 amide bonds. The van der Waals surface area contributed by atoms with Gasteiger partial charge in [0.05, 0.1) is 29.3 Å². The molecular formula is C11H10BrFN2O2. The summed E-state index contributed by atoms with van der Waals surface area (Å²) in [6, 6.07) is 4.81. The Hall–Kier alpha value is -1.61. The van der Waals surface area contributed by atoms with Gasteiger partial charge in [0.25, 0.3) is 0 Å². The Kier molecular flexibility index (Phi) is 4.91. The number of rotatable bonds is 4. The van der Waals surface area contributed by atoms with Crippen molar-refractivity contribution in [1.82, 2.24) is 0 Å². The van der Waals surface area contributed by atoms with Crippen LogP contribution in [0.25, 0.3) is 0 Å². The van der Waals surface area contributed by atoms with Crippen molar-refractivity contribution in [3.8, 4) is 6.07 Å². The van der Waals surface area contributed by atoms with Gasteiger partial charge in [-0.05, 0) is 28.1 Å². The highest BCUT2D eigenvalue weighted by Crippen LogP contribution is 2.26. The van der Waals surface area contributed by atoms with Gasteiger partial charge in [-0.3, -0.25) is 4.79 Å². The maximum Gasteiger partial charge on any atom is 0.307 e. The van der Waals surface area contributed by atoms with Crippen LogP contribution >= 0.6 is 15.9 Å². The summed E-state index contributed by atoms with van der Waals surface area (Å²) < 4.78 is 18.2. The molecule has 0 heterocycles. The number of nitrogens with one attached hydrogen (secondary N) is 1. The lowest BCUT2D eigenvalue weighted by atomic mass is 10.2. The van der Waals surface area contributed by atoms with Gasteiger partial charge in [0, 0.05) is 6.54 Å². The Morgan fingerprint density at radius 1 is 1.65 bits per heavy atom. The molecule has 1 rings (SSSR count). The topological polar surface area (TPSA) is 62.1 Å². The maximum atomic E-state index is 13.7. The Morgan fingerprint density at radius 2 is 2.35 bits per heavy atom. The van der Waals surface area contributed by atoms with Crippen LogP contribution in [-0.4, -0.2) is 19.6 Å². The molecule has 1 N–H and O–H groups in total. The largest absolute Gasteiger partial charge is 0.469 e. The summed E-state index contributed by atoms with van der Waals surface area (Å²) in [5, 5.41) is 11.4. The van der Waals surface area contributed by atoms with Gasteiger partial charge in [-0.1, -0.05) is 0 Å². The summed E-state index contributed by atoms with van der Waals surface area (Å²) in [5.41, 5.74) is 0.459. The van der Waals surface area contributed by atoms with Crippen LogP contribution < -0.4 is 5.32 Å². The predicted octanol–water partition coefficient (Wildman–Crippen LogP) is 2.43. The van der Waals surface area contributed by atoms with Crippen molar-refractivity contribution in [2.45, 2.75) is 6.42 Å². The first-order valence-corrected chi connectivity index (χ1v) is 5.58. The van der Waals surface area contributed by atoms with Gasteiger partial charge in [0.1, 0.15) is 6.07 Å². The molecule has 0 unspecified atom stereocenters. The Balaban J connectivity index is 2.71. The fourth-order valence-electron chi connectivity index (χ4n) is 1.17. The quantitative estimate of drug-likeness (QED) is 0.868. The lowest BCUT2D eigenvalue weighted by molar-refractivity contribution is -0.140. The third-order valence-electron chi connectivity index (χ3n) is 2.08. The minimum absolute atomic E-state index is 0.114. The van der Waals surface area contributed by atoms with Crippen LogP contribution in [-0.2, 0) is 9.53 Å². The highest BCUT2D eigenvalue weighted by atomic mass is 79.9. The van der Waals surface area contributed by atoms with Crippen LogP contribution in [0, 0.1) is 17.1 Å². The maximum absolute atomic E-state index is 13.7. The van der Waals surface area contributed by atoms with Crippen molar-refractivity contribution >= 4 is 27.6 Å². The second-order valence-corrected chi connectivity index (χ2v) is 3.95. The van der Waals surface area contributed by atoms with Crippen molar-refractivity contribution in [2.75, 3.05) is 19.0 Å². The van der Waals surface area contributed by atoms with E-state index in [9.17, 15) is 9.18 Å². The van der Waals surface area contributed by atoms with Crippen LogP contribution in [0.3, 0.4) is 0 Å². The monoisotopic (exact) mass is 300 g/mol. The summed E-state index contributed by atoms with van der Waals surface area (Å²) in [6.07, 6.45) is 0.146. The third kappa shape index (κ3) is 3.43. The lowest BCUT2D eigenvalue weighted by Crippen LogP contribution is -2.10. The van der Waals surface area contributed by atoms with Crippen LogP contribution in [0.4, 0.5) is 10.1 Å². The van der Waals surface area contributed by atoms with Gasteiger partial charge in [0.2, 0.25) is 0 Å². The smallest absolute Gasteiger partial charge is 0.307 e. The molecule has 17 heavy (non-hydrogen) atoms. The van der Waals surface area contributed by atoms with E-state index in [4.69, 9.17) is 5.26 Å². The van der Waals surface area contributed by atoms with Gasteiger partial charge in [-0.2, -0.15) is 5.26 Å². The highest BCUT2D eigenvalue weighted by Gasteiger charge is 2.11. The standard InChI is InChI=1S/C11H10BrFN2O2/c1-17-9(16)4-5-15-8-3-2-7(6-14)10(12)11(8)13/h2-3,15H,4-5H2,1H3. The molecule has 1 aromatic carbocycles. The zero-order valence-corrected chi connectivity index (χ0v) is 10.7. The van der Waals surface area contributed by atoms with Gasteiger partial charge < -0.3 is 10.1 Å². The summed E-state index contributed by atoms with van der Waals surface area (Å²) in [4.78, 5) is 10.8. The van der Waals surface area contributed by atoms with E-state index in [2.05, 4.69) is 26.0 Å². The fourth-order valence-corrected chi connectivity index (χ4v) is 1.61. The minimum Gasteiger partial charge on any atom is -0.469 e. The van der Waals surface area contributed by atoms with E-state index in [0.717, 1.165) is 0 Å². The van der Waals surface area contributed by atoms with Crippen LogP contribution in [0.2, 0.25) is 0 Å². The molecule has 0 aliphatic heterocycles. The zero-order valence-electron chi connectivity index (χ0n) is 9.09. The zero-order chi connectivity index (χ0) is 12.8. The van der Waals surface area contributed by atoms with Crippen molar-refractivity contribution in [3.63, 3.8) is 0 Å². The number of carbonyl (C=O) groups excluding carboxylic acids is 1. The van der Waals surface area contributed by atoms with E-state index in [1.165, 1.54) is 19.2 Å². The number of ether oxygens (including phenoxy) is 1. The lowest BCUT2D eigenvalue weighted by Gasteiger charge is -2.08. The van der Waals surface area contributed by atoms with E-state index in [0.29, 0.717) is 0 Å². The number of hydrogen-bond acceptors (Lipinski definition) is 4. The molecule has 0 bridgehead atoms. The van der Waals surface area contributed by atoms with Gasteiger partial charge in [-0.25, -0.2) is 4.39 Å². The molecule has 4 nitrogen and oxygen atoms in total. The molecular weight excluding hydrogens is 291 g/mol. The SMILES string of the molecule is COC(=O)CCNc1ccc(C#N)c(Br)c1F. The third-order valence-corrected chi connectivity index (χ3v) is 2.85. The first kappa shape index (κ1) is 13.5. The van der Waals surface area contributed by atoms with Crippen molar-refractivity contribution < 1.29 is 13.9 Å². The number of halogens is 2. The number of benzene rings is 1. The molecule has 0 aromatic heterocycles. The number of hydrogen-bond donors (Lipinski definition) is 1. The Morgan fingerprint density at radius 3 is 2.94 bits per heavy atom. The second-order valence-electron chi connectivity index (χ2n) is 3.15. The minimum atomic E-state index is -0.547. The first-order chi connectivity index (χ1) is 8.10. The Bertz CT molecular complexity index is 471. The molecule has 0 aliphatic rings. The van der Waals surface area contributed by atoms with Gasteiger partial charge >= 0.3 is 5.97 Å². The summed E-state index contributed by atoms with van der Waals surface area (Å²) in [5.74, 6) is -0.917. The molecule has 6 heteroatoms. The highest BCUT2D eigenvalue weighted by molar-refractivity contribution is 9.10. The summed E-state index contributed by atoms with van der Waals surface area (Å²) in [6.45, 7) is 0.266. The molecule has 0 saturated heterocycles. The van der Waals surface area contributed by atoms with Crippen LogP contribution in [0.1, 0.15) is 12.0 Å². The van der Waals surface area contributed by atoms with E-state index in [1.54, 1.807) is 0 Å². The molecule has 0 saturated carbocycles. The summed E-state index contributed by atoms with van der Waals surface area (Å²) >= 11 is 3.00. The predicted molar refractivity (Wildman–Crippen MR) is 63.9 cm³/mol. The number of esters is 1. The van der Waals surface area contributed by atoms with E-state index in [1.807, 2.05) is 6.07 Å². The normalized spacial score (nSPS) is 9.53. The number of carbonyl (C=O) groups is 1. The number of nitrogens with zero attached hydrogens (tertiary/aromatic N) is 1. The molecule has 1 aromatic rings. The number of methoxy groups -OCH3 is 1. The molecule has 0 atom stereocenters. The van der Waals surface area contributed by atoms with Crippen molar-refractivity contribution in [3.05, 3.63) is 28.0 Å². The fraction of sp³-hybridized carbons (Fsp3) is 0.273. The van der Waals surface area contributed by atoms with Crippen molar-refractivity contribution in [2.24, 2.45) is 0 Å². The molecule has 0 spiro atoms. The average Bonchev–Trinajstić information content (AvgIpc) is 2.34. The van der Waals surface area contributed by atoms with E-state index in [-0.39, 0.29) is 34.7 Å². The van der Waals surface area contributed by atoms with Crippen LogP contribution in [0.5, 0.6) is 0 Å². The first-order valence-electron chi connectivity index (χ1n) is 4.79. The molecule has 0 fully saturated rings. The number of anilines is 1. The Labute approximate surface area is 107 Å². The van der Waals surface area contributed by atoms with Crippen LogP contribution in [0.15, 0.2) is 16.6 Å². The van der Waals surface area contributed by atoms with E-state index >= 15 is 0 Å². The van der Waals surface area contributed by atoms with E-state index < -0.39 is 5.82 Å². The summed E-state index contributed by atoms with van der Waals surface area (Å²) in [7, 11) is 1.29. The van der Waals surface area contributed by atoms with Crippen molar-refractivity contribution in [1.29, 1.82) is 5.26 Å². The van der Waals surface area contributed by atoms with Gasteiger partial charge in [0.15, 0.2) is 5.82 Å². The molecule has 0 aliphatic carbocycles. The van der Waals surface area contributed by atoms with Gasteiger partial charge in [-0.15, -0.1) is 0 Å². The number of nitriles is 1. The average molecular weight is 301 g/mol. The second kappa shape index (κ2) is 6.21.